The Morgan fingerprint density at radius 1 is 1.07 bits per heavy atom. The molecule has 1 N–H and O–H groups in total. The van der Waals surface area contributed by atoms with Crippen molar-refractivity contribution in [3.8, 4) is 0 Å². The number of benzene rings is 2. The Morgan fingerprint density at radius 3 is 2.40 bits per heavy atom. The highest BCUT2D eigenvalue weighted by molar-refractivity contribution is 5.94. The van der Waals surface area contributed by atoms with Crippen molar-refractivity contribution in [3.63, 3.8) is 0 Å². The van der Waals surface area contributed by atoms with Gasteiger partial charge in [-0.05, 0) is 50.1 Å². The van der Waals surface area contributed by atoms with Crippen molar-refractivity contribution in [1.29, 1.82) is 0 Å². The van der Waals surface area contributed by atoms with Crippen LogP contribution >= 0.6 is 0 Å². The minimum Gasteiger partial charge on any atom is -0.339 e. The van der Waals surface area contributed by atoms with Gasteiger partial charge in [0.2, 0.25) is 5.91 Å². The van der Waals surface area contributed by atoms with E-state index >= 15 is 0 Å². The molecule has 3 rings (SSSR count). The minimum atomic E-state index is -0.992. The number of anilines is 1. The molecular formula is C23H27F2N3O2. The van der Waals surface area contributed by atoms with Crippen molar-refractivity contribution in [3.05, 3.63) is 65.7 Å². The van der Waals surface area contributed by atoms with E-state index in [2.05, 4.69) is 10.2 Å². The van der Waals surface area contributed by atoms with Gasteiger partial charge < -0.3 is 10.2 Å². The van der Waals surface area contributed by atoms with Gasteiger partial charge in [-0.1, -0.05) is 25.1 Å². The summed E-state index contributed by atoms with van der Waals surface area (Å²) in [7, 11) is 0. The third kappa shape index (κ3) is 5.63. The number of nitrogens with zero attached hydrogens (tertiary/aromatic N) is 2. The molecule has 30 heavy (non-hydrogen) atoms. The summed E-state index contributed by atoms with van der Waals surface area (Å²) in [4.78, 5) is 29.1. The number of likely N-dealkylation sites (tertiary alicyclic amines) is 1. The zero-order valence-electron chi connectivity index (χ0n) is 17.1. The first-order valence-corrected chi connectivity index (χ1v) is 10.3. The number of carbonyl (C=O) groups is 2. The molecule has 0 bridgehead atoms. The highest BCUT2D eigenvalue weighted by Gasteiger charge is 2.28. The lowest BCUT2D eigenvalue weighted by Crippen LogP contribution is -2.49. The largest absolute Gasteiger partial charge is 0.339 e. The average Bonchev–Trinajstić information content (AvgIpc) is 2.76. The van der Waals surface area contributed by atoms with Crippen LogP contribution in [0.2, 0.25) is 0 Å². The Kier molecular flexibility index (Phi) is 7.52. The maximum absolute atomic E-state index is 13.4. The highest BCUT2D eigenvalue weighted by atomic mass is 19.2. The molecule has 0 saturated carbocycles. The van der Waals surface area contributed by atoms with E-state index in [4.69, 9.17) is 0 Å². The van der Waals surface area contributed by atoms with E-state index < -0.39 is 11.6 Å². The lowest BCUT2D eigenvalue weighted by molar-refractivity contribution is -0.118. The molecule has 0 radical (unpaired) electrons. The van der Waals surface area contributed by atoms with E-state index in [-0.39, 0.29) is 30.1 Å². The number of halogens is 2. The quantitative estimate of drug-likeness (QED) is 0.746. The van der Waals surface area contributed by atoms with Crippen molar-refractivity contribution < 1.29 is 18.4 Å². The van der Waals surface area contributed by atoms with Crippen LogP contribution in [0, 0.1) is 11.6 Å². The van der Waals surface area contributed by atoms with Crippen LogP contribution in [-0.2, 0) is 4.79 Å². The molecule has 2 amide bonds. The Hall–Kier alpha value is -2.80. The molecule has 2 aromatic carbocycles. The van der Waals surface area contributed by atoms with E-state index in [1.807, 2.05) is 42.2 Å². The fourth-order valence-corrected chi connectivity index (χ4v) is 3.83. The summed E-state index contributed by atoms with van der Waals surface area (Å²) in [5.74, 6) is -2.17. The smallest absolute Gasteiger partial charge is 0.253 e. The number of hydrogen-bond acceptors (Lipinski definition) is 3. The van der Waals surface area contributed by atoms with Gasteiger partial charge in [-0.25, -0.2) is 8.78 Å². The second-order valence-corrected chi connectivity index (χ2v) is 7.54. The van der Waals surface area contributed by atoms with Crippen molar-refractivity contribution in [1.82, 2.24) is 9.80 Å². The molecule has 1 fully saturated rings. The maximum Gasteiger partial charge on any atom is 0.253 e. The molecule has 0 spiro atoms. The lowest BCUT2D eigenvalue weighted by Gasteiger charge is -2.38. The molecular weight excluding hydrogens is 388 g/mol. The monoisotopic (exact) mass is 415 g/mol. The summed E-state index contributed by atoms with van der Waals surface area (Å²) >= 11 is 0. The fraction of sp³-hybridized carbons (Fsp3) is 0.391. The number of nitrogens with one attached hydrogen (secondary N) is 1. The number of rotatable bonds is 7. The number of carbonyl (C=O) groups excluding carboxylic acids is 2. The van der Waals surface area contributed by atoms with Crippen LogP contribution < -0.4 is 5.32 Å². The maximum atomic E-state index is 13.4. The van der Waals surface area contributed by atoms with Crippen LogP contribution in [0.5, 0.6) is 0 Å². The predicted octanol–water partition coefficient (Wildman–Crippen LogP) is 3.92. The molecule has 0 aromatic heterocycles. The van der Waals surface area contributed by atoms with Crippen molar-refractivity contribution in [2.45, 2.75) is 32.2 Å². The van der Waals surface area contributed by atoms with Gasteiger partial charge in [0.1, 0.15) is 0 Å². The Morgan fingerprint density at radius 2 is 1.77 bits per heavy atom. The van der Waals surface area contributed by atoms with Crippen molar-refractivity contribution in [2.24, 2.45) is 0 Å². The Bertz CT molecular complexity index is 868. The second-order valence-electron chi connectivity index (χ2n) is 7.54. The van der Waals surface area contributed by atoms with E-state index in [0.717, 1.165) is 37.9 Å². The molecule has 1 aliphatic heterocycles. The van der Waals surface area contributed by atoms with Crippen molar-refractivity contribution in [2.75, 3.05) is 31.5 Å². The molecule has 160 valence electrons. The zero-order valence-corrected chi connectivity index (χ0v) is 17.1. The minimum absolute atomic E-state index is 0.0344. The number of piperidine rings is 1. The topological polar surface area (TPSA) is 52.7 Å². The van der Waals surface area contributed by atoms with Crippen LogP contribution in [0.3, 0.4) is 0 Å². The van der Waals surface area contributed by atoms with Gasteiger partial charge in [0.15, 0.2) is 11.6 Å². The molecule has 1 saturated heterocycles. The van der Waals surface area contributed by atoms with Gasteiger partial charge in [0.25, 0.3) is 5.91 Å². The molecule has 5 nitrogen and oxygen atoms in total. The van der Waals surface area contributed by atoms with Gasteiger partial charge in [-0.3, -0.25) is 14.5 Å². The third-order valence-electron chi connectivity index (χ3n) is 5.35. The molecule has 0 unspecified atom stereocenters. The fourth-order valence-electron chi connectivity index (χ4n) is 3.83. The normalized spacial score (nSPS) is 14.7. The molecule has 0 aliphatic carbocycles. The first kappa shape index (κ1) is 21.9. The summed E-state index contributed by atoms with van der Waals surface area (Å²) in [6.07, 6.45) is 2.47. The lowest BCUT2D eigenvalue weighted by atomic mass is 10.0. The second kappa shape index (κ2) is 10.3. The summed E-state index contributed by atoms with van der Waals surface area (Å²) in [6.45, 7) is 4.26. The van der Waals surface area contributed by atoms with Crippen LogP contribution in [0.1, 0.15) is 36.5 Å². The van der Waals surface area contributed by atoms with Gasteiger partial charge in [-0.2, -0.15) is 0 Å². The third-order valence-corrected chi connectivity index (χ3v) is 5.35. The SMILES string of the molecule is CCCN(CC(=O)Nc1ccc(F)c(F)c1)C1CCN(C(=O)c2ccccc2)CC1. The summed E-state index contributed by atoms with van der Waals surface area (Å²) in [5.41, 5.74) is 0.922. The summed E-state index contributed by atoms with van der Waals surface area (Å²) < 4.78 is 26.4. The van der Waals surface area contributed by atoms with Gasteiger partial charge in [0.05, 0.1) is 6.54 Å². The molecule has 2 aromatic rings. The van der Waals surface area contributed by atoms with Gasteiger partial charge in [-0.15, -0.1) is 0 Å². The zero-order chi connectivity index (χ0) is 21.5. The Balaban J connectivity index is 1.55. The van der Waals surface area contributed by atoms with E-state index in [9.17, 15) is 18.4 Å². The predicted molar refractivity (Wildman–Crippen MR) is 112 cm³/mol. The van der Waals surface area contributed by atoms with Gasteiger partial charge in [0, 0.05) is 36.4 Å². The molecule has 0 atom stereocenters. The average molecular weight is 415 g/mol. The van der Waals surface area contributed by atoms with Gasteiger partial charge >= 0.3 is 0 Å². The van der Waals surface area contributed by atoms with Crippen LogP contribution in [-0.4, -0.2) is 53.8 Å². The highest BCUT2D eigenvalue weighted by Crippen LogP contribution is 2.19. The van der Waals surface area contributed by atoms with Crippen LogP contribution in [0.4, 0.5) is 14.5 Å². The van der Waals surface area contributed by atoms with E-state index in [0.29, 0.717) is 18.7 Å². The van der Waals surface area contributed by atoms with E-state index in [1.165, 1.54) is 6.07 Å². The number of hydrogen-bond donors (Lipinski definition) is 1. The van der Waals surface area contributed by atoms with Crippen LogP contribution in [0.25, 0.3) is 0 Å². The summed E-state index contributed by atoms with van der Waals surface area (Å²) in [5, 5.41) is 2.63. The first-order valence-electron chi connectivity index (χ1n) is 10.3. The number of amides is 2. The molecule has 1 heterocycles. The first-order chi connectivity index (χ1) is 14.5. The molecule has 1 aliphatic rings. The molecule has 7 heteroatoms. The summed E-state index contributed by atoms with van der Waals surface area (Å²) in [6, 6.07) is 12.7. The Labute approximate surface area is 175 Å². The van der Waals surface area contributed by atoms with E-state index in [1.54, 1.807) is 0 Å². The van der Waals surface area contributed by atoms with Crippen molar-refractivity contribution >= 4 is 17.5 Å². The standard InChI is InChI=1S/C23H27F2N3O2/c1-2-12-28(16-22(29)26-18-8-9-20(24)21(25)15-18)19-10-13-27(14-11-19)23(30)17-6-4-3-5-7-17/h3-9,15,19H,2,10-14,16H2,1H3,(H,26,29). The van der Waals surface area contributed by atoms with Crippen LogP contribution in [0.15, 0.2) is 48.5 Å².